The topological polar surface area (TPSA) is 50.4 Å². The molecule has 0 aliphatic heterocycles. The lowest BCUT2D eigenvalue weighted by atomic mass is 10.1. The molecule has 0 radical (unpaired) electrons. The molecule has 2 N–H and O–H groups in total. The zero-order chi connectivity index (χ0) is 18.9. The van der Waals surface area contributed by atoms with Gasteiger partial charge in [0.05, 0.1) is 6.54 Å². The Labute approximate surface area is 160 Å². The molecule has 1 amide bonds. The first-order valence-corrected chi connectivity index (χ1v) is 9.02. The second-order valence-electron chi connectivity index (χ2n) is 6.44. The second kappa shape index (κ2) is 9.55. The molecular formula is C23H24N2O2. The van der Waals surface area contributed by atoms with E-state index >= 15 is 0 Å². The van der Waals surface area contributed by atoms with Crippen molar-refractivity contribution in [3.63, 3.8) is 0 Å². The number of rotatable bonds is 8. The third-order valence-electron chi connectivity index (χ3n) is 4.12. The summed E-state index contributed by atoms with van der Waals surface area (Å²) in [6.45, 7) is 3.51. The van der Waals surface area contributed by atoms with Crippen LogP contribution in [0, 0.1) is 6.92 Å². The highest BCUT2D eigenvalue weighted by atomic mass is 16.5. The number of hydrogen-bond acceptors (Lipinski definition) is 3. The van der Waals surface area contributed by atoms with Crippen LogP contribution in [0.4, 0.5) is 5.69 Å². The molecule has 0 aliphatic carbocycles. The maximum Gasteiger partial charge on any atom is 0.238 e. The van der Waals surface area contributed by atoms with Crippen LogP contribution in [-0.2, 0) is 17.9 Å². The Balaban J connectivity index is 1.40. The van der Waals surface area contributed by atoms with Crippen LogP contribution in [0.2, 0.25) is 0 Å². The van der Waals surface area contributed by atoms with Crippen molar-refractivity contribution in [3.8, 4) is 5.75 Å². The van der Waals surface area contributed by atoms with Gasteiger partial charge in [-0.1, -0.05) is 60.2 Å². The number of carbonyl (C=O) groups excluding carboxylic acids is 1. The Hall–Kier alpha value is -3.11. The van der Waals surface area contributed by atoms with Crippen LogP contribution in [0.5, 0.6) is 5.75 Å². The minimum atomic E-state index is -0.0694. The number of ether oxygens (including phenoxy) is 1. The summed E-state index contributed by atoms with van der Waals surface area (Å²) in [7, 11) is 0. The van der Waals surface area contributed by atoms with Crippen LogP contribution in [0.1, 0.15) is 16.7 Å². The quantitative estimate of drug-likeness (QED) is 0.630. The molecular weight excluding hydrogens is 336 g/mol. The van der Waals surface area contributed by atoms with Gasteiger partial charge in [-0.15, -0.1) is 0 Å². The van der Waals surface area contributed by atoms with E-state index in [9.17, 15) is 4.79 Å². The molecule has 3 rings (SSSR count). The van der Waals surface area contributed by atoms with Gasteiger partial charge in [-0.2, -0.15) is 0 Å². The van der Waals surface area contributed by atoms with Gasteiger partial charge in [0.1, 0.15) is 12.4 Å². The summed E-state index contributed by atoms with van der Waals surface area (Å²) in [6, 6.07) is 25.7. The van der Waals surface area contributed by atoms with Crippen molar-refractivity contribution < 1.29 is 9.53 Å². The van der Waals surface area contributed by atoms with E-state index in [2.05, 4.69) is 41.8 Å². The average Bonchev–Trinajstić information content (AvgIpc) is 2.70. The van der Waals surface area contributed by atoms with Crippen molar-refractivity contribution in [3.05, 3.63) is 95.6 Å². The maximum atomic E-state index is 12.0. The minimum absolute atomic E-state index is 0.0694. The van der Waals surface area contributed by atoms with Crippen molar-refractivity contribution in [2.75, 3.05) is 11.9 Å². The number of carbonyl (C=O) groups is 1. The molecule has 3 aromatic rings. The van der Waals surface area contributed by atoms with Crippen LogP contribution >= 0.6 is 0 Å². The van der Waals surface area contributed by atoms with Crippen LogP contribution < -0.4 is 15.4 Å². The minimum Gasteiger partial charge on any atom is -0.489 e. The summed E-state index contributed by atoms with van der Waals surface area (Å²) in [5.41, 5.74) is 4.26. The van der Waals surface area contributed by atoms with Crippen LogP contribution in [0.25, 0.3) is 0 Å². The van der Waals surface area contributed by atoms with Gasteiger partial charge in [-0.05, 0) is 42.3 Å². The predicted octanol–water partition coefficient (Wildman–Crippen LogP) is 4.30. The SMILES string of the molecule is Cc1ccc(CNCC(=O)Nc2ccc(OCc3ccccc3)cc2)cc1. The molecule has 0 unspecified atom stereocenters. The molecule has 4 nitrogen and oxygen atoms in total. The summed E-state index contributed by atoms with van der Waals surface area (Å²) in [5, 5.41) is 6.04. The molecule has 0 spiro atoms. The van der Waals surface area contributed by atoms with Crippen LogP contribution in [0.3, 0.4) is 0 Å². The van der Waals surface area contributed by atoms with Crippen molar-refractivity contribution in [2.45, 2.75) is 20.1 Å². The molecule has 138 valence electrons. The first kappa shape index (κ1) is 18.7. The molecule has 0 aromatic heterocycles. The molecule has 0 bridgehead atoms. The number of aryl methyl sites for hydroxylation is 1. The third kappa shape index (κ3) is 6.28. The number of hydrogen-bond donors (Lipinski definition) is 2. The highest BCUT2D eigenvalue weighted by Crippen LogP contribution is 2.17. The van der Waals surface area contributed by atoms with Gasteiger partial charge in [0.25, 0.3) is 0 Å². The highest BCUT2D eigenvalue weighted by Gasteiger charge is 2.03. The Bertz CT molecular complexity index is 844. The Morgan fingerprint density at radius 2 is 1.56 bits per heavy atom. The summed E-state index contributed by atoms with van der Waals surface area (Å²) in [4.78, 5) is 12.0. The van der Waals surface area contributed by atoms with Crippen molar-refractivity contribution in [1.82, 2.24) is 5.32 Å². The fourth-order valence-corrected chi connectivity index (χ4v) is 2.61. The van der Waals surface area contributed by atoms with Crippen LogP contribution in [0.15, 0.2) is 78.9 Å². The van der Waals surface area contributed by atoms with Gasteiger partial charge in [0.15, 0.2) is 0 Å². The first-order chi connectivity index (χ1) is 13.2. The predicted molar refractivity (Wildman–Crippen MR) is 109 cm³/mol. The highest BCUT2D eigenvalue weighted by molar-refractivity contribution is 5.92. The van der Waals surface area contributed by atoms with E-state index in [1.165, 1.54) is 5.56 Å². The maximum absolute atomic E-state index is 12.0. The van der Waals surface area contributed by atoms with E-state index in [-0.39, 0.29) is 12.5 Å². The third-order valence-corrected chi connectivity index (χ3v) is 4.12. The summed E-state index contributed by atoms with van der Waals surface area (Å²) >= 11 is 0. The average molecular weight is 360 g/mol. The van der Waals surface area contributed by atoms with Crippen molar-refractivity contribution in [1.29, 1.82) is 0 Å². The Morgan fingerprint density at radius 1 is 0.852 bits per heavy atom. The normalized spacial score (nSPS) is 10.4. The van der Waals surface area contributed by atoms with Gasteiger partial charge < -0.3 is 15.4 Å². The van der Waals surface area contributed by atoms with E-state index in [1.807, 2.05) is 54.6 Å². The number of amides is 1. The second-order valence-corrected chi connectivity index (χ2v) is 6.44. The molecule has 27 heavy (non-hydrogen) atoms. The van der Waals surface area contributed by atoms with Gasteiger partial charge in [0, 0.05) is 12.2 Å². The largest absolute Gasteiger partial charge is 0.489 e. The molecule has 3 aromatic carbocycles. The smallest absolute Gasteiger partial charge is 0.238 e. The standard InChI is InChI=1S/C23H24N2O2/c1-18-7-9-19(10-8-18)15-24-16-23(26)25-21-11-13-22(14-12-21)27-17-20-5-3-2-4-6-20/h2-14,24H,15-17H2,1H3,(H,25,26). The fraction of sp³-hybridized carbons (Fsp3) is 0.174. The molecule has 4 heteroatoms. The zero-order valence-electron chi connectivity index (χ0n) is 15.4. The lowest BCUT2D eigenvalue weighted by molar-refractivity contribution is -0.115. The van der Waals surface area contributed by atoms with E-state index in [4.69, 9.17) is 4.74 Å². The van der Waals surface area contributed by atoms with Gasteiger partial charge in [-0.25, -0.2) is 0 Å². The van der Waals surface area contributed by atoms with Crippen LogP contribution in [-0.4, -0.2) is 12.5 Å². The fourth-order valence-electron chi connectivity index (χ4n) is 2.61. The molecule has 0 heterocycles. The monoisotopic (exact) mass is 360 g/mol. The zero-order valence-corrected chi connectivity index (χ0v) is 15.4. The lowest BCUT2D eigenvalue weighted by Gasteiger charge is -2.09. The number of benzene rings is 3. The Kier molecular flexibility index (Phi) is 6.61. The summed E-state index contributed by atoms with van der Waals surface area (Å²) in [5.74, 6) is 0.703. The molecule has 0 fully saturated rings. The first-order valence-electron chi connectivity index (χ1n) is 9.02. The molecule has 0 saturated heterocycles. The molecule has 0 aliphatic rings. The van der Waals surface area contributed by atoms with Gasteiger partial charge >= 0.3 is 0 Å². The van der Waals surface area contributed by atoms with Crippen molar-refractivity contribution in [2.24, 2.45) is 0 Å². The molecule has 0 saturated carbocycles. The number of nitrogens with one attached hydrogen (secondary N) is 2. The van der Waals surface area contributed by atoms with E-state index < -0.39 is 0 Å². The number of anilines is 1. The van der Waals surface area contributed by atoms with E-state index in [0.717, 1.165) is 22.6 Å². The Morgan fingerprint density at radius 3 is 2.26 bits per heavy atom. The van der Waals surface area contributed by atoms with Gasteiger partial charge in [-0.3, -0.25) is 4.79 Å². The lowest BCUT2D eigenvalue weighted by Crippen LogP contribution is -2.27. The van der Waals surface area contributed by atoms with E-state index in [0.29, 0.717) is 13.2 Å². The van der Waals surface area contributed by atoms with Crippen molar-refractivity contribution >= 4 is 11.6 Å². The summed E-state index contributed by atoms with van der Waals surface area (Å²) in [6.07, 6.45) is 0. The summed E-state index contributed by atoms with van der Waals surface area (Å²) < 4.78 is 5.75. The van der Waals surface area contributed by atoms with E-state index in [1.54, 1.807) is 0 Å². The van der Waals surface area contributed by atoms with Gasteiger partial charge in [0.2, 0.25) is 5.91 Å². The molecule has 0 atom stereocenters.